The first-order valence-electron chi connectivity index (χ1n) is 6.63. The van der Waals surface area contributed by atoms with Crippen molar-refractivity contribution in [1.82, 2.24) is 4.90 Å². The highest BCUT2D eigenvalue weighted by molar-refractivity contribution is 6.02. The summed E-state index contributed by atoms with van der Waals surface area (Å²) >= 11 is 0. The number of hydrogen-bond acceptors (Lipinski definition) is 4. The molecular formula is C15H17N3O2. The Morgan fingerprint density at radius 2 is 1.75 bits per heavy atom. The van der Waals surface area contributed by atoms with Crippen LogP contribution in [-0.4, -0.2) is 36.3 Å². The highest BCUT2D eigenvalue weighted by atomic mass is 16.2. The SMILES string of the molecule is Cc1ccc(N2CC(=O)N(CCCC#N)C(=O)C2)cc1. The Morgan fingerprint density at radius 1 is 1.15 bits per heavy atom. The number of nitriles is 1. The van der Waals surface area contributed by atoms with Crippen LogP contribution in [0.15, 0.2) is 24.3 Å². The van der Waals surface area contributed by atoms with Gasteiger partial charge in [0.05, 0.1) is 19.2 Å². The predicted octanol–water partition coefficient (Wildman–Crippen LogP) is 1.47. The zero-order valence-electron chi connectivity index (χ0n) is 11.5. The Bertz CT molecular complexity index is 527. The molecule has 0 unspecified atom stereocenters. The number of piperazine rings is 1. The maximum atomic E-state index is 12.0. The molecule has 1 aliphatic heterocycles. The number of imide groups is 1. The van der Waals surface area contributed by atoms with Crippen molar-refractivity contribution in [3.8, 4) is 6.07 Å². The Hall–Kier alpha value is -2.35. The monoisotopic (exact) mass is 271 g/mol. The van der Waals surface area contributed by atoms with E-state index in [-0.39, 0.29) is 24.9 Å². The fourth-order valence-corrected chi connectivity index (χ4v) is 2.20. The molecule has 1 heterocycles. The minimum atomic E-state index is -0.195. The quantitative estimate of drug-likeness (QED) is 0.614. The van der Waals surface area contributed by atoms with Gasteiger partial charge in [0.2, 0.25) is 11.8 Å². The van der Waals surface area contributed by atoms with Gasteiger partial charge < -0.3 is 4.90 Å². The Labute approximate surface area is 118 Å². The van der Waals surface area contributed by atoms with Gasteiger partial charge in [-0.05, 0) is 25.5 Å². The molecule has 1 fully saturated rings. The molecule has 1 aromatic carbocycles. The van der Waals surface area contributed by atoms with E-state index in [4.69, 9.17) is 5.26 Å². The lowest BCUT2D eigenvalue weighted by molar-refractivity contribution is -0.145. The first kappa shape index (κ1) is 14.1. The predicted molar refractivity (Wildman–Crippen MR) is 75.0 cm³/mol. The molecule has 0 spiro atoms. The highest BCUT2D eigenvalue weighted by Crippen LogP contribution is 2.18. The molecule has 0 N–H and O–H groups in total. The Balaban J connectivity index is 2.02. The van der Waals surface area contributed by atoms with Crippen LogP contribution >= 0.6 is 0 Å². The van der Waals surface area contributed by atoms with E-state index in [1.165, 1.54) is 4.90 Å². The fraction of sp³-hybridized carbons (Fsp3) is 0.400. The summed E-state index contributed by atoms with van der Waals surface area (Å²) in [4.78, 5) is 27.1. The van der Waals surface area contributed by atoms with Crippen LogP contribution in [0.1, 0.15) is 18.4 Å². The topological polar surface area (TPSA) is 64.4 Å². The van der Waals surface area contributed by atoms with Gasteiger partial charge in [-0.15, -0.1) is 0 Å². The second-order valence-electron chi connectivity index (χ2n) is 4.89. The molecule has 5 heteroatoms. The standard InChI is InChI=1S/C15H17N3O2/c1-12-4-6-13(7-5-12)17-10-14(19)18(15(20)11-17)9-3-2-8-16/h4-7H,2-3,9-11H2,1H3. The molecule has 0 aliphatic carbocycles. The smallest absolute Gasteiger partial charge is 0.248 e. The van der Waals surface area contributed by atoms with Crippen molar-refractivity contribution < 1.29 is 9.59 Å². The number of carbonyl (C=O) groups excluding carboxylic acids is 2. The molecule has 1 aliphatic rings. The average Bonchev–Trinajstić information content (AvgIpc) is 2.42. The average molecular weight is 271 g/mol. The van der Waals surface area contributed by atoms with Crippen LogP contribution < -0.4 is 4.90 Å². The summed E-state index contributed by atoms with van der Waals surface area (Å²) in [5, 5.41) is 8.49. The molecule has 2 rings (SSSR count). The second kappa shape index (κ2) is 6.20. The van der Waals surface area contributed by atoms with Crippen LogP contribution in [0, 0.1) is 18.3 Å². The molecule has 2 amide bonds. The fourth-order valence-electron chi connectivity index (χ4n) is 2.20. The van der Waals surface area contributed by atoms with Gasteiger partial charge in [0.15, 0.2) is 0 Å². The molecule has 104 valence electrons. The number of hydrogen-bond donors (Lipinski definition) is 0. The lowest BCUT2D eigenvalue weighted by atomic mass is 10.2. The van der Waals surface area contributed by atoms with Crippen LogP contribution in [0.25, 0.3) is 0 Å². The molecular weight excluding hydrogens is 254 g/mol. The van der Waals surface area contributed by atoms with Crippen LogP contribution in [0.5, 0.6) is 0 Å². The Kier molecular flexibility index (Phi) is 4.36. The van der Waals surface area contributed by atoms with Crippen molar-refractivity contribution >= 4 is 17.5 Å². The molecule has 0 atom stereocenters. The van der Waals surface area contributed by atoms with Gasteiger partial charge in [-0.25, -0.2) is 0 Å². The summed E-state index contributed by atoms with van der Waals surface area (Å²) in [5.74, 6) is -0.389. The van der Waals surface area contributed by atoms with Crippen LogP contribution in [0.2, 0.25) is 0 Å². The van der Waals surface area contributed by atoms with Gasteiger partial charge in [0, 0.05) is 18.7 Å². The third kappa shape index (κ3) is 3.15. The van der Waals surface area contributed by atoms with E-state index in [9.17, 15) is 9.59 Å². The molecule has 20 heavy (non-hydrogen) atoms. The van der Waals surface area contributed by atoms with Crippen molar-refractivity contribution in [3.05, 3.63) is 29.8 Å². The minimum absolute atomic E-state index is 0.195. The summed E-state index contributed by atoms with van der Waals surface area (Å²) in [6, 6.07) is 9.78. The summed E-state index contributed by atoms with van der Waals surface area (Å²) in [5.41, 5.74) is 2.02. The number of amides is 2. The molecule has 0 aromatic heterocycles. The lowest BCUT2D eigenvalue weighted by Gasteiger charge is -2.34. The molecule has 0 radical (unpaired) electrons. The molecule has 5 nitrogen and oxygen atoms in total. The molecule has 0 saturated carbocycles. The van der Waals surface area contributed by atoms with Crippen molar-refractivity contribution in [2.75, 3.05) is 24.5 Å². The van der Waals surface area contributed by atoms with Gasteiger partial charge >= 0.3 is 0 Å². The number of benzene rings is 1. The third-order valence-corrected chi connectivity index (χ3v) is 3.32. The van der Waals surface area contributed by atoms with E-state index < -0.39 is 0 Å². The number of rotatable bonds is 4. The van der Waals surface area contributed by atoms with E-state index in [1.807, 2.05) is 37.3 Å². The summed E-state index contributed by atoms with van der Waals surface area (Å²) in [6.45, 7) is 2.75. The van der Waals surface area contributed by atoms with E-state index in [1.54, 1.807) is 4.90 Å². The number of carbonyl (C=O) groups is 2. The largest absolute Gasteiger partial charge is 0.353 e. The number of aryl methyl sites for hydroxylation is 1. The van der Waals surface area contributed by atoms with E-state index in [0.717, 1.165) is 11.3 Å². The molecule has 1 aromatic rings. The van der Waals surface area contributed by atoms with Crippen LogP contribution in [0.3, 0.4) is 0 Å². The summed E-state index contributed by atoms with van der Waals surface area (Å²) in [7, 11) is 0. The Morgan fingerprint density at radius 3 is 2.30 bits per heavy atom. The summed E-state index contributed by atoms with van der Waals surface area (Å²) in [6.07, 6.45) is 0.900. The molecule has 0 bridgehead atoms. The first-order valence-corrected chi connectivity index (χ1v) is 6.63. The van der Waals surface area contributed by atoms with E-state index in [0.29, 0.717) is 19.4 Å². The van der Waals surface area contributed by atoms with E-state index >= 15 is 0 Å². The van der Waals surface area contributed by atoms with Crippen molar-refractivity contribution in [3.63, 3.8) is 0 Å². The maximum Gasteiger partial charge on any atom is 0.248 e. The zero-order chi connectivity index (χ0) is 14.5. The number of nitrogens with zero attached hydrogens (tertiary/aromatic N) is 3. The van der Waals surface area contributed by atoms with Gasteiger partial charge in [0.25, 0.3) is 0 Å². The molecule has 1 saturated heterocycles. The van der Waals surface area contributed by atoms with E-state index in [2.05, 4.69) is 0 Å². The van der Waals surface area contributed by atoms with Crippen LogP contribution in [-0.2, 0) is 9.59 Å². The second-order valence-corrected chi connectivity index (χ2v) is 4.89. The zero-order valence-corrected chi connectivity index (χ0v) is 11.5. The van der Waals surface area contributed by atoms with Crippen molar-refractivity contribution in [2.24, 2.45) is 0 Å². The van der Waals surface area contributed by atoms with Gasteiger partial charge in [-0.3, -0.25) is 14.5 Å². The minimum Gasteiger partial charge on any atom is -0.353 e. The summed E-state index contributed by atoms with van der Waals surface area (Å²) < 4.78 is 0. The first-order chi connectivity index (χ1) is 9.61. The van der Waals surface area contributed by atoms with Crippen LogP contribution in [0.4, 0.5) is 5.69 Å². The maximum absolute atomic E-state index is 12.0. The van der Waals surface area contributed by atoms with Gasteiger partial charge in [0.1, 0.15) is 0 Å². The third-order valence-electron chi connectivity index (χ3n) is 3.32. The van der Waals surface area contributed by atoms with Crippen molar-refractivity contribution in [2.45, 2.75) is 19.8 Å². The number of anilines is 1. The van der Waals surface area contributed by atoms with Gasteiger partial charge in [-0.1, -0.05) is 17.7 Å². The highest BCUT2D eigenvalue weighted by Gasteiger charge is 2.30. The lowest BCUT2D eigenvalue weighted by Crippen LogP contribution is -2.54. The van der Waals surface area contributed by atoms with Gasteiger partial charge in [-0.2, -0.15) is 5.26 Å². The number of unbranched alkanes of at least 4 members (excludes halogenated alkanes) is 1. The van der Waals surface area contributed by atoms with Crippen molar-refractivity contribution in [1.29, 1.82) is 5.26 Å². The normalized spacial score (nSPS) is 15.4.